The zero-order valence-corrected chi connectivity index (χ0v) is 16.1. The van der Waals surface area contributed by atoms with Crippen molar-refractivity contribution in [2.45, 2.75) is 11.8 Å². The molecule has 0 spiro atoms. The summed E-state index contributed by atoms with van der Waals surface area (Å²) in [6, 6.07) is 16.5. The number of methoxy groups -OCH3 is 1. The molecular weight excluding hydrogens is 380 g/mol. The van der Waals surface area contributed by atoms with Gasteiger partial charge in [-0.1, -0.05) is 35.9 Å². The van der Waals surface area contributed by atoms with Crippen molar-refractivity contribution in [3.63, 3.8) is 0 Å². The van der Waals surface area contributed by atoms with Crippen LogP contribution in [0.15, 0.2) is 75.1 Å². The van der Waals surface area contributed by atoms with Gasteiger partial charge in [-0.15, -0.1) is 0 Å². The van der Waals surface area contributed by atoms with Crippen molar-refractivity contribution in [1.29, 1.82) is 0 Å². The molecule has 2 aromatic carbocycles. The Morgan fingerprint density at radius 2 is 1.79 bits per heavy atom. The highest BCUT2D eigenvalue weighted by Gasteiger charge is 2.15. The van der Waals surface area contributed by atoms with Gasteiger partial charge in [0.05, 0.1) is 23.8 Å². The number of carbonyl (C=O) groups is 1. The van der Waals surface area contributed by atoms with E-state index in [2.05, 4.69) is 9.93 Å². The summed E-state index contributed by atoms with van der Waals surface area (Å²) in [5, 5.41) is 3.74. The quantitative estimate of drug-likeness (QED) is 0.390. The molecule has 28 heavy (non-hydrogen) atoms. The number of furan rings is 1. The van der Waals surface area contributed by atoms with Crippen molar-refractivity contribution in [2.24, 2.45) is 5.10 Å². The number of hydrazone groups is 1. The van der Waals surface area contributed by atoms with E-state index in [1.807, 2.05) is 6.92 Å². The predicted octanol–water partition coefficient (Wildman–Crippen LogP) is 3.35. The van der Waals surface area contributed by atoms with E-state index in [1.54, 1.807) is 48.5 Å². The molecule has 3 rings (SSSR count). The molecule has 0 fully saturated rings. The topological polar surface area (TPSA) is 98.0 Å². The second-order valence-electron chi connectivity index (χ2n) is 5.91. The molecule has 7 nitrogen and oxygen atoms in total. The highest BCUT2D eigenvalue weighted by atomic mass is 32.2. The Morgan fingerprint density at radius 3 is 2.50 bits per heavy atom. The fraction of sp³-hybridized carbons (Fsp3) is 0.100. The van der Waals surface area contributed by atoms with E-state index in [1.165, 1.54) is 25.5 Å². The van der Waals surface area contributed by atoms with Gasteiger partial charge >= 0.3 is 5.97 Å². The first-order valence-corrected chi connectivity index (χ1v) is 9.78. The summed E-state index contributed by atoms with van der Waals surface area (Å²) in [5.41, 5.74) is 1.88. The molecule has 0 aliphatic carbocycles. The zero-order chi connectivity index (χ0) is 20.1. The maximum absolute atomic E-state index is 12.2. The van der Waals surface area contributed by atoms with E-state index in [0.29, 0.717) is 22.6 Å². The molecule has 144 valence electrons. The molecule has 1 aromatic heterocycles. The number of nitrogens with one attached hydrogen (secondary N) is 1. The maximum atomic E-state index is 12.2. The van der Waals surface area contributed by atoms with Gasteiger partial charge in [-0.2, -0.15) is 18.4 Å². The third kappa shape index (κ3) is 4.29. The Hall–Kier alpha value is -3.39. The summed E-state index contributed by atoms with van der Waals surface area (Å²) < 4.78 is 34.8. The van der Waals surface area contributed by atoms with Crippen LogP contribution in [0, 0.1) is 6.92 Å². The summed E-state index contributed by atoms with van der Waals surface area (Å²) in [5.74, 6) is 0.276. The van der Waals surface area contributed by atoms with Crippen molar-refractivity contribution in [1.82, 2.24) is 4.83 Å². The molecule has 1 heterocycles. The lowest BCUT2D eigenvalue weighted by molar-refractivity contribution is 0.0601. The second-order valence-corrected chi connectivity index (χ2v) is 7.57. The number of carbonyl (C=O) groups excluding carboxylic acids is 1. The lowest BCUT2D eigenvalue weighted by Gasteiger charge is -2.04. The molecule has 3 aromatic rings. The fourth-order valence-corrected chi connectivity index (χ4v) is 3.27. The molecule has 8 heteroatoms. The monoisotopic (exact) mass is 398 g/mol. The van der Waals surface area contributed by atoms with Crippen LogP contribution in [0.5, 0.6) is 0 Å². The number of rotatable bonds is 6. The molecule has 0 aliphatic rings. The van der Waals surface area contributed by atoms with Crippen LogP contribution in [0.25, 0.3) is 11.3 Å². The number of sulfonamides is 1. The molecule has 0 amide bonds. The van der Waals surface area contributed by atoms with Crippen LogP contribution < -0.4 is 4.83 Å². The van der Waals surface area contributed by atoms with Gasteiger partial charge < -0.3 is 9.15 Å². The van der Waals surface area contributed by atoms with Crippen molar-refractivity contribution in [2.75, 3.05) is 7.11 Å². The predicted molar refractivity (Wildman–Crippen MR) is 105 cm³/mol. The first kappa shape index (κ1) is 19.4. The van der Waals surface area contributed by atoms with Crippen molar-refractivity contribution in [3.05, 3.63) is 77.6 Å². The molecule has 0 unspecified atom stereocenters. The Kier molecular flexibility index (Phi) is 5.60. The van der Waals surface area contributed by atoms with Gasteiger partial charge in [-0.25, -0.2) is 4.79 Å². The summed E-state index contributed by atoms with van der Waals surface area (Å²) in [7, 11) is -2.46. The van der Waals surface area contributed by atoms with Crippen molar-refractivity contribution >= 4 is 22.2 Å². The average Bonchev–Trinajstić information content (AvgIpc) is 3.16. The summed E-state index contributed by atoms with van der Waals surface area (Å²) in [6.45, 7) is 1.87. The zero-order valence-electron chi connectivity index (χ0n) is 15.2. The minimum absolute atomic E-state index is 0.113. The van der Waals surface area contributed by atoms with E-state index in [-0.39, 0.29) is 4.90 Å². The maximum Gasteiger partial charge on any atom is 0.338 e. The van der Waals surface area contributed by atoms with E-state index in [9.17, 15) is 13.2 Å². The van der Waals surface area contributed by atoms with E-state index in [4.69, 9.17) is 9.15 Å². The molecular formula is C20H18N2O5S. The first-order chi connectivity index (χ1) is 13.4. The SMILES string of the molecule is COC(=O)c1ccccc1-c1ccc(/C=N\NS(=O)(=O)c2ccc(C)cc2)o1. The molecule has 0 saturated heterocycles. The Morgan fingerprint density at radius 1 is 1.07 bits per heavy atom. The number of ether oxygens (including phenoxy) is 1. The van der Waals surface area contributed by atoms with Crippen LogP contribution in [0.4, 0.5) is 0 Å². The minimum Gasteiger partial charge on any atom is -0.465 e. The lowest BCUT2D eigenvalue weighted by atomic mass is 10.1. The molecule has 1 N–H and O–H groups in total. The first-order valence-electron chi connectivity index (χ1n) is 8.30. The highest BCUT2D eigenvalue weighted by Crippen LogP contribution is 2.26. The van der Waals surface area contributed by atoms with Gasteiger partial charge in [-0.05, 0) is 37.3 Å². The fourth-order valence-electron chi connectivity index (χ4n) is 2.48. The largest absolute Gasteiger partial charge is 0.465 e. The Balaban J connectivity index is 1.77. The average molecular weight is 398 g/mol. The van der Waals surface area contributed by atoms with Crippen molar-refractivity contribution in [3.8, 4) is 11.3 Å². The molecule has 0 atom stereocenters. The van der Waals surface area contributed by atoms with Gasteiger partial charge in [0.25, 0.3) is 10.0 Å². The number of hydrogen-bond acceptors (Lipinski definition) is 6. The van der Waals surface area contributed by atoms with Gasteiger partial charge in [0.2, 0.25) is 0 Å². The van der Waals surface area contributed by atoms with Crippen LogP contribution >= 0.6 is 0 Å². The second kappa shape index (κ2) is 8.10. The van der Waals surface area contributed by atoms with Crippen molar-refractivity contribution < 1.29 is 22.4 Å². The Labute approximate surface area is 162 Å². The Bertz CT molecular complexity index is 1120. The molecule has 0 radical (unpaired) electrons. The van der Waals surface area contributed by atoms with Crippen LogP contribution in [0.2, 0.25) is 0 Å². The number of esters is 1. The highest BCUT2D eigenvalue weighted by molar-refractivity contribution is 7.89. The van der Waals surface area contributed by atoms with Gasteiger partial charge in [0, 0.05) is 5.56 Å². The summed E-state index contributed by atoms with van der Waals surface area (Å²) in [4.78, 5) is 14.1. The van der Waals surface area contributed by atoms with E-state index in [0.717, 1.165) is 5.56 Å². The third-order valence-electron chi connectivity index (χ3n) is 3.92. The number of aryl methyl sites for hydroxylation is 1. The number of nitrogens with zero attached hydrogens (tertiary/aromatic N) is 1. The van der Waals surface area contributed by atoms with E-state index < -0.39 is 16.0 Å². The standard InChI is InChI=1S/C20H18N2O5S/c1-14-7-10-16(11-8-14)28(24,25)22-21-13-15-9-12-19(27-15)17-5-3-4-6-18(17)20(23)26-2/h3-13,22H,1-2H3/b21-13-. The molecule has 0 saturated carbocycles. The van der Waals surface area contributed by atoms with Crippen LogP contribution in [0.3, 0.4) is 0 Å². The van der Waals surface area contributed by atoms with Crippen LogP contribution in [-0.2, 0) is 14.8 Å². The third-order valence-corrected chi connectivity index (χ3v) is 5.16. The minimum atomic E-state index is -3.76. The van der Waals surface area contributed by atoms with Gasteiger partial charge in [-0.3, -0.25) is 0 Å². The smallest absolute Gasteiger partial charge is 0.338 e. The van der Waals surface area contributed by atoms with Gasteiger partial charge in [0.1, 0.15) is 11.5 Å². The summed E-state index contributed by atoms with van der Waals surface area (Å²) in [6.07, 6.45) is 1.25. The number of hydrogen-bond donors (Lipinski definition) is 1. The normalized spacial score (nSPS) is 11.5. The molecule has 0 bridgehead atoms. The van der Waals surface area contributed by atoms with Crippen LogP contribution in [-0.4, -0.2) is 27.7 Å². The van der Waals surface area contributed by atoms with Gasteiger partial charge in [0.15, 0.2) is 0 Å². The lowest BCUT2D eigenvalue weighted by Crippen LogP contribution is -2.18. The molecule has 0 aliphatic heterocycles. The summed E-state index contributed by atoms with van der Waals surface area (Å²) >= 11 is 0. The van der Waals surface area contributed by atoms with Crippen LogP contribution in [0.1, 0.15) is 21.7 Å². The van der Waals surface area contributed by atoms with E-state index >= 15 is 0 Å². The number of benzene rings is 2.